The van der Waals surface area contributed by atoms with Crippen LogP contribution in [0.3, 0.4) is 0 Å². The van der Waals surface area contributed by atoms with Crippen LogP contribution in [0.4, 0.5) is 0 Å². The van der Waals surface area contributed by atoms with E-state index in [0.717, 1.165) is 24.2 Å². The lowest BCUT2D eigenvalue weighted by molar-refractivity contribution is 0.206. The molecule has 0 amide bonds. The Hall–Kier alpha value is -2.05. The van der Waals surface area contributed by atoms with Crippen molar-refractivity contribution in [3.63, 3.8) is 0 Å². The summed E-state index contributed by atoms with van der Waals surface area (Å²) >= 11 is 0. The highest BCUT2D eigenvalue weighted by Crippen LogP contribution is 2.44. The molecule has 1 heterocycles. The zero-order chi connectivity index (χ0) is 14.0. The molecule has 20 heavy (non-hydrogen) atoms. The van der Waals surface area contributed by atoms with Gasteiger partial charge in [0, 0.05) is 6.04 Å². The highest BCUT2D eigenvalue weighted by atomic mass is 16.3. The molecule has 0 bridgehead atoms. The number of hydrogen-bond donors (Lipinski definition) is 1. The van der Waals surface area contributed by atoms with Gasteiger partial charge in [-0.3, -0.25) is 0 Å². The van der Waals surface area contributed by atoms with E-state index in [0.29, 0.717) is 6.04 Å². The molecule has 0 radical (unpaired) electrons. The minimum atomic E-state index is -0.318. The molecule has 2 aromatic rings. The molecule has 3 heteroatoms. The maximum absolute atomic E-state index is 9.53. The third-order valence-electron chi connectivity index (χ3n) is 4.19. The molecule has 0 aliphatic heterocycles. The van der Waals surface area contributed by atoms with Crippen molar-refractivity contribution in [2.45, 2.75) is 37.3 Å². The quantitative estimate of drug-likeness (QED) is 0.920. The largest absolute Gasteiger partial charge is 0.468 e. The summed E-state index contributed by atoms with van der Waals surface area (Å²) in [5.74, 6) is 0.944. The van der Waals surface area contributed by atoms with E-state index in [1.165, 1.54) is 0 Å². The second-order valence-electron chi connectivity index (χ2n) is 5.57. The predicted molar refractivity (Wildman–Crippen MR) is 77.0 cm³/mol. The summed E-state index contributed by atoms with van der Waals surface area (Å²) in [4.78, 5) is 0. The summed E-state index contributed by atoms with van der Waals surface area (Å²) in [5, 5.41) is 13.1. The second kappa shape index (κ2) is 5.15. The smallest absolute Gasteiger partial charge is 0.120 e. The maximum Gasteiger partial charge on any atom is 0.120 e. The van der Waals surface area contributed by atoms with Gasteiger partial charge in [-0.2, -0.15) is 5.26 Å². The number of nitrogens with one attached hydrogen (secondary N) is 1. The summed E-state index contributed by atoms with van der Waals surface area (Å²) in [6, 6.07) is 17.0. The van der Waals surface area contributed by atoms with Crippen molar-refractivity contribution in [2.24, 2.45) is 0 Å². The number of benzene rings is 1. The fraction of sp³-hybridized carbons (Fsp3) is 0.353. The summed E-state index contributed by atoms with van der Waals surface area (Å²) < 4.78 is 5.40. The molecule has 0 unspecified atom stereocenters. The van der Waals surface area contributed by atoms with Crippen LogP contribution in [-0.2, 0) is 5.41 Å². The summed E-state index contributed by atoms with van der Waals surface area (Å²) in [7, 11) is 0. The first-order chi connectivity index (χ1) is 9.73. The summed E-state index contributed by atoms with van der Waals surface area (Å²) in [6.07, 6.45) is 3.41. The van der Waals surface area contributed by atoms with E-state index >= 15 is 0 Å². The van der Waals surface area contributed by atoms with Crippen LogP contribution in [0.25, 0.3) is 0 Å². The van der Waals surface area contributed by atoms with Crippen LogP contribution in [0.5, 0.6) is 0 Å². The Morgan fingerprint density at radius 2 is 2.00 bits per heavy atom. The number of hydrogen-bond acceptors (Lipinski definition) is 3. The zero-order valence-electron chi connectivity index (χ0n) is 11.5. The number of rotatable bonds is 4. The molecule has 1 fully saturated rings. The van der Waals surface area contributed by atoms with Gasteiger partial charge in [-0.05, 0) is 37.5 Å². The first kappa shape index (κ1) is 13.0. The normalized spacial score (nSPS) is 26.5. The van der Waals surface area contributed by atoms with E-state index < -0.39 is 0 Å². The SMILES string of the molecule is C[C@@H](NC1CC(C#N)(c2ccccc2)C1)c1ccco1. The fourth-order valence-electron chi connectivity index (χ4n) is 3.02. The minimum Gasteiger partial charge on any atom is -0.468 e. The van der Waals surface area contributed by atoms with Crippen molar-refractivity contribution in [3.05, 3.63) is 60.1 Å². The van der Waals surface area contributed by atoms with E-state index in [9.17, 15) is 5.26 Å². The molecule has 1 aromatic carbocycles. The Balaban J connectivity index is 1.64. The fourth-order valence-corrected chi connectivity index (χ4v) is 3.02. The van der Waals surface area contributed by atoms with Gasteiger partial charge in [-0.25, -0.2) is 0 Å². The Morgan fingerprint density at radius 1 is 1.25 bits per heavy atom. The van der Waals surface area contributed by atoms with E-state index in [1.807, 2.05) is 30.3 Å². The molecule has 3 rings (SSSR count). The Bertz CT molecular complexity index is 592. The van der Waals surface area contributed by atoms with Crippen LogP contribution in [-0.4, -0.2) is 6.04 Å². The molecule has 1 aromatic heterocycles. The molecule has 1 atom stereocenters. The van der Waals surface area contributed by atoms with Gasteiger partial charge in [0.2, 0.25) is 0 Å². The van der Waals surface area contributed by atoms with Crippen LogP contribution in [0, 0.1) is 11.3 Å². The molecular formula is C17H18N2O. The molecule has 0 spiro atoms. The lowest BCUT2D eigenvalue weighted by Gasteiger charge is -2.44. The van der Waals surface area contributed by atoms with Crippen LogP contribution in [0.15, 0.2) is 53.1 Å². The van der Waals surface area contributed by atoms with Crippen molar-refractivity contribution >= 4 is 0 Å². The van der Waals surface area contributed by atoms with Gasteiger partial charge in [-0.15, -0.1) is 0 Å². The summed E-state index contributed by atoms with van der Waals surface area (Å²) in [6.45, 7) is 2.09. The molecule has 1 aliphatic rings. The molecular weight excluding hydrogens is 248 g/mol. The second-order valence-corrected chi connectivity index (χ2v) is 5.57. The van der Waals surface area contributed by atoms with Gasteiger partial charge >= 0.3 is 0 Å². The average molecular weight is 266 g/mol. The van der Waals surface area contributed by atoms with Gasteiger partial charge in [0.05, 0.1) is 23.8 Å². The molecule has 1 saturated carbocycles. The van der Waals surface area contributed by atoms with Gasteiger partial charge in [-0.1, -0.05) is 30.3 Å². The number of nitrogens with zero attached hydrogens (tertiary/aromatic N) is 1. The van der Waals surface area contributed by atoms with Crippen molar-refractivity contribution < 1.29 is 4.42 Å². The van der Waals surface area contributed by atoms with Crippen molar-refractivity contribution in [3.8, 4) is 6.07 Å². The molecule has 1 aliphatic carbocycles. The Kier molecular flexibility index (Phi) is 3.33. The van der Waals surface area contributed by atoms with Crippen LogP contribution >= 0.6 is 0 Å². The van der Waals surface area contributed by atoms with Crippen LogP contribution in [0.2, 0.25) is 0 Å². The van der Waals surface area contributed by atoms with Gasteiger partial charge < -0.3 is 9.73 Å². The van der Waals surface area contributed by atoms with E-state index in [1.54, 1.807) is 6.26 Å². The monoisotopic (exact) mass is 266 g/mol. The average Bonchev–Trinajstić information content (AvgIpc) is 2.97. The number of furan rings is 1. The maximum atomic E-state index is 9.53. The Labute approximate surface area is 119 Å². The lowest BCUT2D eigenvalue weighted by Crippen LogP contribution is -2.51. The van der Waals surface area contributed by atoms with Gasteiger partial charge in [0.15, 0.2) is 0 Å². The lowest BCUT2D eigenvalue weighted by atomic mass is 9.62. The minimum absolute atomic E-state index is 0.183. The first-order valence-corrected chi connectivity index (χ1v) is 7.00. The molecule has 1 N–H and O–H groups in total. The van der Waals surface area contributed by atoms with E-state index in [4.69, 9.17) is 4.42 Å². The standard InChI is InChI=1S/C17H18N2O/c1-13(16-8-5-9-20-16)19-15-10-17(11-15,12-18)14-6-3-2-4-7-14/h2-9,13,15,19H,10-11H2,1H3/t13-,15?,17?/m1/s1. The van der Waals surface area contributed by atoms with Gasteiger partial charge in [0.1, 0.15) is 5.76 Å². The summed E-state index contributed by atoms with van der Waals surface area (Å²) in [5.41, 5.74) is 0.813. The van der Waals surface area contributed by atoms with Gasteiger partial charge in [0.25, 0.3) is 0 Å². The van der Waals surface area contributed by atoms with Crippen molar-refractivity contribution in [1.29, 1.82) is 5.26 Å². The van der Waals surface area contributed by atoms with Crippen LogP contribution in [0.1, 0.15) is 37.1 Å². The zero-order valence-corrected chi connectivity index (χ0v) is 11.5. The predicted octanol–water partition coefficient (Wildman–Crippen LogP) is 3.55. The third kappa shape index (κ3) is 2.23. The highest BCUT2D eigenvalue weighted by molar-refractivity contribution is 5.37. The topological polar surface area (TPSA) is 49.0 Å². The van der Waals surface area contributed by atoms with E-state index in [-0.39, 0.29) is 11.5 Å². The highest BCUT2D eigenvalue weighted by Gasteiger charge is 2.46. The van der Waals surface area contributed by atoms with Crippen molar-refractivity contribution in [2.75, 3.05) is 0 Å². The molecule has 0 saturated heterocycles. The van der Waals surface area contributed by atoms with Crippen LogP contribution < -0.4 is 5.32 Å². The molecule has 3 nitrogen and oxygen atoms in total. The molecule has 102 valence electrons. The van der Waals surface area contributed by atoms with Crippen molar-refractivity contribution in [1.82, 2.24) is 5.32 Å². The van der Waals surface area contributed by atoms with E-state index in [2.05, 4.69) is 30.4 Å². The third-order valence-corrected chi connectivity index (χ3v) is 4.19. The first-order valence-electron chi connectivity index (χ1n) is 7.00. The Morgan fingerprint density at radius 3 is 2.60 bits per heavy atom. The number of nitriles is 1.